The summed E-state index contributed by atoms with van der Waals surface area (Å²) in [6, 6.07) is 21.9. The minimum Gasteiger partial charge on any atom is -0.497 e. The summed E-state index contributed by atoms with van der Waals surface area (Å²) in [5, 5.41) is 0. The number of methoxy groups -OCH3 is 1. The van der Waals surface area contributed by atoms with Crippen molar-refractivity contribution in [3.8, 4) is 5.75 Å². The van der Waals surface area contributed by atoms with Crippen molar-refractivity contribution < 1.29 is 14.3 Å². The van der Waals surface area contributed by atoms with E-state index in [4.69, 9.17) is 10.5 Å². The Balaban J connectivity index is 1.75. The summed E-state index contributed by atoms with van der Waals surface area (Å²) in [6.07, 6.45) is 0.614. The lowest BCUT2D eigenvalue weighted by atomic mass is 9.89. The van der Waals surface area contributed by atoms with Crippen LogP contribution in [0, 0.1) is 0 Å². The molecule has 6 nitrogen and oxygen atoms in total. The molecule has 3 aromatic rings. The number of para-hydroxylation sites is 1. The maximum absolute atomic E-state index is 13.5. The number of hydrogen-bond acceptors (Lipinski definition) is 4. The summed E-state index contributed by atoms with van der Waals surface area (Å²) < 4.78 is 5.21. The molecule has 2 atom stereocenters. The van der Waals surface area contributed by atoms with Gasteiger partial charge in [-0.15, -0.1) is 0 Å². The molecule has 6 heteroatoms. The molecule has 0 unspecified atom stereocenters. The van der Waals surface area contributed by atoms with Gasteiger partial charge in [0.1, 0.15) is 5.75 Å². The number of carbonyl (C=O) groups excluding carboxylic acids is 2. The fourth-order valence-electron chi connectivity index (χ4n) is 4.42. The van der Waals surface area contributed by atoms with E-state index in [0.717, 1.165) is 16.9 Å². The van der Waals surface area contributed by atoms with Crippen LogP contribution in [0.15, 0.2) is 72.8 Å². The number of rotatable bonds is 4. The highest BCUT2D eigenvalue weighted by molar-refractivity contribution is 6.07. The standard InChI is InChI=1S/C26H27N3O3/c1-17-16-25(29(18(2)30)21-12-10-20(27)11-13-21)23-6-4-5-7-24(23)28(17)26(31)19-8-14-22(32-3)15-9-19/h4-15,17,25H,16,27H2,1-3H3/t17-,25+/m1/s1. The molecule has 3 aromatic carbocycles. The normalized spacial score (nSPS) is 17.4. The molecule has 0 fully saturated rings. The van der Waals surface area contributed by atoms with Crippen molar-refractivity contribution in [2.75, 3.05) is 22.6 Å². The van der Waals surface area contributed by atoms with Crippen LogP contribution in [0.25, 0.3) is 0 Å². The van der Waals surface area contributed by atoms with Gasteiger partial charge in [0.25, 0.3) is 5.91 Å². The molecule has 0 aromatic heterocycles. The van der Waals surface area contributed by atoms with E-state index in [1.165, 1.54) is 0 Å². The van der Waals surface area contributed by atoms with Crippen LogP contribution in [0.1, 0.15) is 42.2 Å². The van der Waals surface area contributed by atoms with Crippen LogP contribution in [0.3, 0.4) is 0 Å². The van der Waals surface area contributed by atoms with Crippen LogP contribution >= 0.6 is 0 Å². The highest BCUT2D eigenvalue weighted by Crippen LogP contribution is 2.42. The number of nitrogens with two attached hydrogens (primary N) is 1. The summed E-state index contributed by atoms with van der Waals surface area (Å²) >= 11 is 0. The predicted octanol–water partition coefficient (Wildman–Crippen LogP) is 4.81. The lowest BCUT2D eigenvalue weighted by Crippen LogP contribution is -2.47. The number of hydrogen-bond donors (Lipinski definition) is 1. The Labute approximate surface area is 188 Å². The number of fused-ring (bicyclic) bond motifs is 1. The van der Waals surface area contributed by atoms with Gasteiger partial charge in [-0.2, -0.15) is 0 Å². The molecule has 1 aliphatic heterocycles. The molecule has 0 radical (unpaired) electrons. The van der Waals surface area contributed by atoms with Crippen LogP contribution in [-0.4, -0.2) is 25.0 Å². The monoisotopic (exact) mass is 429 g/mol. The van der Waals surface area contributed by atoms with Crippen molar-refractivity contribution in [2.24, 2.45) is 0 Å². The smallest absolute Gasteiger partial charge is 0.258 e. The molecule has 2 N–H and O–H groups in total. The average molecular weight is 430 g/mol. The molecule has 1 heterocycles. The van der Waals surface area contributed by atoms with E-state index in [1.54, 1.807) is 55.3 Å². The van der Waals surface area contributed by atoms with Crippen molar-refractivity contribution in [1.29, 1.82) is 0 Å². The van der Waals surface area contributed by atoms with Gasteiger partial charge in [-0.05, 0) is 73.5 Å². The van der Waals surface area contributed by atoms with Crippen LogP contribution in [0.5, 0.6) is 5.75 Å². The van der Waals surface area contributed by atoms with Crippen molar-refractivity contribution in [3.63, 3.8) is 0 Å². The van der Waals surface area contributed by atoms with Gasteiger partial charge in [0.05, 0.1) is 13.2 Å². The number of ether oxygens (including phenoxy) is 1. The Kier molecular flexibility index (Phi) is 5.86. The van der Waals surface area contributed by atoms with E-state index in [9.17, 15) is 9.59 Å². The highest BCUT2D eigenvalue weighted by Gasteiger charge is 2.38. The molecule has 1 aliphatic rings. The molecular formula is C26H27N3O3. The molecule has 4 rings (SSSR count). The van der Waals surface area contributed by atoms with Crippen molar-refractivity contribution in [3.05, 3.63) is 83.9 Å². The number of anilines is 3. The van der Waals surface area contributed by atoms with Gasteiger partial charge in [0.2, 0.25) is 5.91 Å². The largest absolute Gasteiger partial charge is 0.497 e. The Morgan fingerprint density at radius 2 is 1.66 bits per heavy atom. The minimum atomic E-state index is -0.192. The summed E-state index contributed by atoms with van der Waals surface area (Å²) in [4.78, 5) is 29.8. The van der Waals surface area contributed by atoms with Crippen LogP contribution < -0.4 is 20.3 Å². The van der Waals surface area contributed by atoms with Gasteiger partial charge in [-0.25, -0.2) is 0 Å². The van der Waals surface area contributed by atoms with Crippen LogP contribution in [0.2, 0.25) is 0 Å². The number of nitrogen functional groups attached to an aromatic ring is 1. The van der Waals surface area contributed by atoms with Gasteiger partial charge in [0.15, 0.2) is 0 Å². The maximum atomic E-state index is 13.5. The molecule has 32 heavy (non-hydrogen) atoms. The summed E-state index contributed by atoms with van der Waals surface area (Å²) in [6.45, 7) is 3.59. The van der Waals surface area contributed by atoms with Crippen molar-refractivity contribution >= 4 is 28.9 Å². The first-order chi connectivity index (χ1) is 15.4. The van der Waals surface area contributed by atoms with E-state index < -0.39 is 0 Å². The second kappa shape index (κ2) is 8.75. The molecular weight excluding hydrogens is 402 g/mol. The molecule has 0 aliphatic carbocycles. The topological polar surface area (TPSA) is 75.9 Å². The number of nitrogens with zero attached hydrogens (tertiary/aromatic N) is 2. The first-order valence-electron chi connectivity index (χ1n) is 10.6. The maximum Gasteiger partial charge on any atom is 0.258 e. The van der Waals surface area contributed by atoms with Gasteiger partial charge in [0, 0.05) is 35.6 Å². The molecule has 0 spiro atoms. The number of benzene rings is 3. The summed E-state index contributed by atoms with van der Waals surface area (Å²) in [5.74, 6) is 0.568. The molecule has 0 bridgehead atoms. The molecule has 164 valence electrons. The van der Waals surface area contributed by atoms with E-state index in [0.29, 0.717) is 23.4 Å². The Morgan fingerprint density at radius 3 is 2.28 bits per heavy atom. The Hall–Kier alpha value is -3.80. The van der Waals surface area contributed by atoms with Gasteiger partial charge >= 0.3 is 0 Å². The second-order valence-corrected chi connectivity index (χ2v) is 8.04. The third kappa shape index (κ3) is 3.91. The van der Waals surface area contributed by atoms with Gasteiger partial charge < -0.3 is 20.3 Å². The first-order valence-corrected chi connectivity index (χ1v) is 10.6. The van der Waals surface area contributed by atoms with Crippen molar-refractivity contribution in [2.45, 2.75) is 32.4 Å². The van der Waals surface area contributed by atoms with E-state index in [2.05, 4.69) is 0 Å². The van der Waals surface area contributed by atoms with E-state index in [1.807, 2.05) is 48.2 Å². The fraction of sp³-hybridized carbons (Fsp3) is 0.231. The predicted molar refractivity (Wildman–Crippen MR) is 127 cm³/mol. The Bertz CT molecular complexity index is 1130. The van der Waals surface area contributed by atoms with Gasteiger partial charge in [-0.3, -0.25) is 9.59 Å². The third-order valence-electron chi connectivity index (χ3n) is 5.94. The zero-order valence-electron chi connectivity index (χ0n) is 18.5. The lowest BCUT2D eigenvalue weighted by molar-refractivity contribution is -0.117. The minimum absolute atomic E-state index is 0.0586. The quantitative estimate of drug-likeness (QED) is 0.604. The number of carbonyl (C=O) groups is 2. The number of amides is 2. The fourth-order valence-corrected chi connectivity index (χ4v) is 4.42. The van der Waals surface area contributed by atoms with Crippen molar-refractivity contribution in [1.82, 2.24) is 0 Å². The molecule has 0 saturated carbocycles. The Morgan fingerprint density at radius 1 is 1.00 bits per heavy atom. The van der Waals surface area contributed by atoms with E-state index >= 15 is 0 Å². The lowest BCUT2D eigenvalue weighted by Gasteiger charge is -2.43. The second-order valence-electron chi connectivity index (χ2n) is 8.04. The first kappa shape index (κ1) is 21.4. The average Bonchev–Trinajstić information content (AvgIpc) is 2.80. The zero-order chi connectivity index (χ0) is 22.8. The SMILES string of the molecule is COc1ccc(C(=O)N2c3ccccc3[C@@H](N(C(C)=O)c3ccc(N)cc3)C[C@H]2C)cc1. The zero-order valence-corrected chi connectivity index (χ0v) is 18.5. The van der Waals surface area contributed by atoms with Gasteiger partial charge in [-0.1, -0.05) is 18.2 Å². The third-order valence-corrected chi connectivity index (χ3v) is 5.94. The van der Waals surface area contributed by atoms with Crippen LogP contribution in [0.4, 0.5) is 17.1 Å². The molecule has 0 saturated heterocycles. The highest BCUT2D eigenvalue weighted by atomic mass is 16.5. The molecule has 2 amide bonds. The summed E-state index contributed by atoms with van der Waals surface area (Å²) in [5.41, 5.74) is 9.63. The van der Waals surface area contributed by atoms with E-state index in [-0.39, 0.29) is 23.9 Å². The summed E-state index contributed by atoms with van der Waals surface area (Å²) in [7, 11) is 1.60. The van der Waals surface area contributed by atoms with Crippen LogP contribution in [-0.2, 0) is 4.79 Å².